The van der Waals surface area contributed by atoms with E-state index in [0.29, 0.717) is 5.69 Å². The topological polar surface area (TPSA) is 68.2 Å². The van der Waals surface area contributed by atoms with Gasteiger partial charge in [0, 0.05) is 25.0 Å². The van der Waals surface area contributed by atoms with E-state index in [-0.39, 0.29) is 10.8 Å². The maximum atomic E-state index is 12.1. The highest BCUT2D eigenvalue weighted by Gasteiger charge is 2.15. The van der Waals surface area contributed by atoms with Gasteiger partial charge in [0.1, 0.15) is 0 Å². The molecule has 0 saturated heterocycles. The largest absolute Gasteiger partial charge is 0.326 e. The number of rotatable bonds is 3. The van der Waals surface area contributed by atoms with E-state index in [1.807, 2.05) is 0 Å². The van der Waals surface area contributed by atoms with Crippen molar-refractivity contribution in [1.82, 2.24) is 3.97 Å². The Balaban J connectivity index is 2.33. The molecule has 0 aliphatic heterocycles. The highest BCUT2D eigenvalue weighted by molar-refractivity contribution is 7.90. The molecule has 0 radical (unpaired) electrons. The third kappa shape index (κ3) is 2.43. The number of amides is 1. The number of nitrogens with zero attached hydrogens (tertiary/aromatic N) is 1. The standard InChI is InChI=1S/C12H12N2O3S/c1-10(15)13-11-4-6-12(7-5-11)18(16,17)14-8-2-3-9-14/h2-9H,1H3,(H,13,15). The Hall–Kier alpha value is -2.08. The van der Waals surface area contributed by atoms with Crippen LogP contribution in [0.1, 0.15) is 6.92 Å². The second-order valence-corrected chi connectivity index (χ2v) is 5.57. The Morgan fingerprint density at radius 1 is 1.11 bits per heavy atom. The summed E-state index contributed by atoms with van der Waals surface area (Å²) in [4.78, 5) is 11.0. The molecule has 0 atom stereocenters. The molecule has 0 unspecified atom stereocenters. The smallest absolute Gasteiger partial charge is 0.267 e. The van der Waals surface area contributed by atoms with Crippen molar-refractivity contribution in [1.29, 1.82) is 0 Å². The van der Waals surface area contributed by atoms with Crippen LogP contribution in [0.15, 0.2) is 53.7 Å². The van der Waals surface area contributed by atoms with Gasteiger partial charge in [-0.2, -0.15) is 0 Å². The number of hydrogen-bond acceptors (Lipinski definition) is 3. The molecule has 1 aromatic carbocycles. The quantitative estimate of drug-likeness (QED) is 0.917. The van der Waals surface area contributed by atoms with Gasteiger partial charge >= 0.3 is 0 Å². The lowest BCUT2D eigenvalue weighted by Crippen LogP contribution is -2.11. The SMILES string of the molecule is CC(=O)Nc1ccc(S(=O)(=O)n2cccc2)cc1. The third-order valence-electron chi connectivity index (χ3n) is 2.33. The number of hydrogen-bond donors (Lipinski definition) is 1. The van der Waals surface area contributed by atoms with Crippen molar-refractivity contribution in [2.45, 2.75) is 11.8 Å². The summed E-state index contributed by atoms with van der Waals surface area (Å²) in [6, 6.07) is 9.31. The van der Waals surface area contributed by atoms with Crippen LogP contribution in [0.4, 0.5) is 5.69 Å². The van der Waals surface area contributed by atoms with Gasteiger partial charge in [0.05, 0.1) is 4.90 Å². The first-order valence-electron chi connectivity index (χ1n) is 5.26. The molecule has 0 bridgehead atoms. The summed E-state index contributed by atoms with van der Waals surface area (Å²) in [6.07, 6.45) is 2.94. The van der Waals surface area contributed by atoms with Gasteiger partial charge in [0.2, 0.25) is 5.91 Å². The van der Waals surface area contributed by atoms with E-state index in [1.54, 1.807) is 24.3 Å². The summed E-state index contributed by atoms with van der Waals surface area (Å²) in [5.74, 6) is -0.198. The van der Waals surface area contributed by atoms with E-state index in [0.717, 1.165) is 3.97 Å². The molecule has 0 saturated carbocycles. The fraction of sp³-hybridized carbons (Fsp3) is 0.0833. The van der Waals surface area contributed by atoms with Crippen LogP contribution in [0.2, 0.25) is 0 Å². The molecular weight excluding hydrogens is 252 g/mol. The van der Waals surface area contributed by atoms with Crippen molar-refractivity contribution in [3.8, 4) is 0 Å². The molecule has 1 aromatic heterocycles. The lowest BCUT2D eigenvalue weighted by molar-refractivity contribution is -0.114. The van der Waals surface area contributed by atoms with Crippen LogP contribution in [0.25, 0.3) is 0 Å². The van der Waals surface area contributed by atoms with Crippen molar-refractivity contribution in [2.75, 3.05) is 5.32 Å². The molecule has 0 aliphatic rings. The molecule has 18 heavy (non-hydrogen) atoms. The van der Waals surface area contributed by atoms with Gasteiger partial charge in [-0.05, 0) is 36.4 Å². The molecule has 94 valence electrons. The van der Waals surface area contributed by atoms with E-state index >= 15 is 0 Å². The zero-order valence-corrected chi connectivity index (χ0v) is 10.5. The minimum absolute atomic E-state index is 0.174. The number of anilines is 1. The first-order chi connectivity index (χ1) is 8.50. The van der Waals surface area contributed by atoms with Crippen molar-refractivity contribution in [3.63, 3.8) is 0 Å². The number of aromatic nitrogens is 1. The Kier molecular flexibility index (Phi) is 3.20. The van der Waals surface area contributed by atoms with Crippen LogP contribution < -0.4 is 5.32 Å². The summed E-state index contributed by atoms with van der Waals surface area (Å²) in [5.41, 5.74) is 0.564. The lowest BCUT2D eigenvalue weighted by Gasteiger charge is -2.07. The van der Waals surface area contributed by atoms with Gasteiger partial charge in [0.25, 0.3) is 10.0 Å². The van der Waals surface area contributed by atoms with Crippen molar-refractivity contribution < 1.29 is 13.2 Å². The number of carbonyl (C=O) groups is 1. The Bertz CT molecular complexity index is 643. The molecule has 5 nitrogen and oxygen atoms in total. The van der Waals surface area contributed by atoms with Gasteiger partial charge in [-0.25, -0.2) is 12.4 Å². The van der Waals surface area contributed by atoms with Crippen LogP contribution in [0, 0.1) is 0 Å². The lowest BCUT2D eigenvalue weighted by atomic mass is 10.3. The van der Waals surface area contributed by atoms with Crippen molar-refractivity contribution >= 4 is 21.6 Å². The fourth-order valence-corrected chi connectivity index (χ4v) is 2.70. The molecule has 1 amide bonds. The van der Waals surface area contributed by atoms with Gasteiger partial charge in [0.15, 0.2) is 0 Å². The molecule has 1 heterocycles. The summed E-state index contributed by atoms with van der Waals surface area (Å²) in [5, 5.41) is 2.58. The highest BCUT2D eigenvalue weighted by atomic mass is 32.2. The van der Waals surface area contributed by atoms with Crippen LogP contribution in [-0.4, -0.2) is 18.3 Å². The summed E-state index contributed by atoms with van der Waals surface area (Å²) >= 11 is 0. The molecule has 0 spiro atoms. The second kappa shape index (κ2) is 4.66. The van der Waals surface area contributed by atoms with E-state index < -0.39 is 10.0 Å². The maximum Gasteiger partial charge on any atom is 0.267 e. The maximum absolute atomic E-state index is 12.1. The molecule has 0 fully saturated rings. The van der Waals surface area contributed by atoms with Crippen LogP contribution in [0.5, 0.6) is 0 Å². The average molecular weight is 264 g/mol. The van der Waals surface area contributed by atoms with Crippen molar-refractivity contribution in [3.05, 3.63) is 48.8 Å². The molecule has 2 rings (SSSR count). The number of carbonyl (C=O) groups excluding carboxylic acids is 1. The monoisotopic (exact) mass is 264 g/mol. The Labute approximate surface area is 105 Å². The Morgan fingerprint density at radius 2 is 1.67 bits per heavy atom. The van der Waals surface area contributed by atoms with Gasteiger partial charge in [-0.15, -0.1) is 0 Å². The van der Waals surface area contributed by atoms with Crippen molar-refractivity contribution in [2.24, 2.45) is 0 Å². The average Bonchev–Trinajstić information content (AvgIpc) is 2.83. The molecule has 2 aromatic rings. The zero-order valence-electron chi connectivity index (χ0n) is 9.70. The first-order valence-corrected chi connectivity index (χ1v) is 6.70. The van der Waals surface area contributed by atoms with E-state index in [9.17, 15) is 13.2 Å². The predicted octanol–water partition coefficient (Wildman–Crippen LogP) is 1.68. The first kappa shape index (κ1) is 12.4. The van der Waals surface area contributed by atoms with E-state index in [4.69, 9.17) is 0 Å². The Morgan fingerprint density at radius 3 is 2.17 bits per heavy atom. The van der Waals surface area contributed by atoms with Crippen LogP contribution in [-0.2, 0) is 14.8 Å². The van der Waals surface area contributed by atoms with E-state index in [2.05, 4.69) is 5.32 Å². The minimum atomic E-state index is -3.54. The van der Waals surface area contributed by atoms with E-state index in [1.165, 1.54) is 31.5 Å². The third-order valence-corrected chi connectivity index (χ3v) is 3.99. The molecule has 6 heteroatoms. The van der Waals surface area contributed by atoms with Gasteiger partial charge in [-0.3, -0.25) is 4.79 Å². The number of nitrogens with one attached hydrogen (secondary N) is 1. The van der Waals surface area contributed by atoms with Crippen LogP contribution >= 0.6 is 0 Å². The summed E-state index contributed by atoms with van der Waals surface area (Å²) < 4.78 is 25.3. The molecular formula is C12H12N2O3S. The normalized spacial score (nSPS) is 11.2. The molecule has 1 N–H and O–H groups in total. The predicted molar refractivity (Wildman–Crippen MR) is 67.8 cm³/mol. The van der Waals surface area contributed by atoms with Gasteiger partial charge < -0.3 is 5.32 Å². The summed E-state index contributed by atoms with van der Waals surface area (Å²) in [7, 11) is -3.54. The highest BCUT2D eigenvalue weighted by Crippen LogP contribution is 2.16. The summed E-state index contributed by atoms with van der Waals surface area (Å²) in [6.45, 7) is 1.39. The molecule has 0 aliphatic carbocycles. The number of benzene rings is 1. The van der Waals surface area contributed by atoms with Gasteiger partial charge in [-0.1, -0.05) is 0 Å². The minimum Gasteiger partial charge on any atom is -0.326 e. The second-order valence-electron chi connectivity index (χ2n) is 3.72. The fourth-order valence-electron chi connectivity index (χ4n) is 1.51. The zero-order chi connectivity index (χ0) is 13.2. The van der Waals surface area contributed by atoms with Crippen LogP contribution in [0.3, 0.4) is 0 Å².